The summed E-state index contributed by atoms with van der Waals surface area (Å²) in [6.45, 7) is 6.06. The zero-order valence-electron chi connectivity index (χ0n) is 19.0. The van der Waals surface area contributed by atoms with Crippen molar-refractivity contribution in [2.75, 3.05) is 6.61 Å². The Morgan fingerprint density at radius 2 is 1.81 bits per heavy atom. The highest BCUT2D eigenvalue weighted by Crippen LogP contribution is 2.66. The molecule has 0 bridgehead atoms. The molecule has 1 N–H and O–H groups in total. The highest BCUT2D eigenvalue weighted by molar-refractivity contribution is 6.37. The van der Waals surface area contributed by atoms with Gasteiger partial charge in [0.25, 0.3) is 0 Å². The molecule has 6 heteroatoms. The van der Waals surface area contributed by atoms with Crippen LogP contribution in [-0.2, 0) is 23.9 Å². The van der Waals surface area contributed by atoms with Gasteiger partial charge in [-0.15, -0.1) is 0 Å². The quantitative estimate of drug-likeness (QED) is 0.407. The van der Waals surface area contributed by atoms with E-state index in [2.05, 4.69) is 13.8 Å². The molecule has 4 fully saturated rings. The lowest BCUT2D eigenvalue weighted by molar-refractivity contribution is -0.163. The lowest BCUT2D eigenvalue weighted by atomic mass is 9.44. The number of hydrogen-bond acceptors (Lipinski definition) is 6. The zero-order chi connectivity index (χ0) is 22.6. The van der Waals surface area contributed by atoms with Crippen molar-refractivity contribution in [1.82, 2.24) is 0 Å². The third-order valence-corrected chi connectivity index (χ3v) is 9.55. The molecule has 172 valence electrons. The minimum absolute atomic E-state index is 0.0202. The van der Waals surface area contributed by atoms with Crippen LogP contribution in [0, 0.1) is 40.4 Å². The third-order valence-electron chi connectivity index (χ3n) is 9.55. The fourth-order valence-corrected chi connectivity index (χ4v) is 8.14. The van der Waals surface area contributed by atoms with E-state index in [1.54, 1.807) is 6.92 Å². The predicted molar refractivity (Wildman–Crippen MR) is 113 cm³/mol. The van der Waals surface area contributed by atoms with Crippen LogP contribution in [-0.4, -0.2) is 41.1 Å². The molecular formula is C25H36O6. The topological polar surface area (TPSA) is 97.7 Å². The molecule has 4 saturated carbocycles. The van der Waals surface area contributed by atoms with Crippen LogP contribution in [0.25, 0.3) is 0 Å². The van der Waals surface area contributed by atoms with Gasteiger partial charge in [-0.05, 0) is 80.5 Å². The second-order valence-corrected chi connectivity index (χ2v) is 11.0. The fourth-order valence-electron chi connectivity index (χ4n) is 8.14. The van der Waals surface area contributed by atoms with Gasteiger partial charge >= 0.3 is 5.97 Å². The lowest BCUT2D eigenvalue weighted by Crippen LogP contribution is -2.58. The maximum Gasteiger partial charge on any atom is 0.375 e. The van der Waals surface area contributed by atoms with Crippen LogP contribution in [0.2, 0.25) is 0 Å². The van der Waals surface area contributed by atoms with E-state index in [1.807, 2.05) is 0 Å². The van der Waals surface area contributed by atoms with Gasteiger partial charge < -0.3 is 9.84 Å². The molecule has 0 radical (unpaired) electrons. The molecule has 0 heterocycles. The van der Waals surface area contributed by atoms with Gasteiger partial charge in [0.1, 0.15) is 11.6 Å². The highest BCUT2D eigenvalue weighted by atomic mass is 16.5. The summed E-state index contributed by atoms with van der Waals surface area (Å²) in [6, 6.07) is 0. The number of rotatable bonds is 5. The first-order valence-electron chi connectivity index (χ1n) is 12.0. The fraction of sp³-hybridized carbons (Fsp3) is 0.840. The Hall–Kier alpha value is -1.56. The minimum Gasteiger partial charge on any atom is -0.460 e. The van der Waals surface area contributed by atoms with Crippen LogP contribution >= 0.6 is 0 Å². The third kappa shape index (κ3) is 3.59. The number of aliphatic hydroxyl groups excluding tert-OH is 1. The summed E-state index contributed by atoms with van der Waals surface area (Å²) in [6.07, 6.45) is 5.77. The highest BCUT2D eigenvalue weighted by Gasteiger charge is 2.64. The van der Waals surface area contributed by atoms with Crippen molar-refractivity contribution in [2.24, 2.45) is 40.4 Å². The maximum atomic E-state index is 13.6. The molecule has 4 aliphatic carbocycles. The van der Waals surface area contributed by atoms with Crippen LogP contribution < -0.4 is 0 Å². The molecule has 0 aromatic carbocycles. The molecule has 0 aromatic rings. The average Bonchev–Trinajstić information content (AvgIpc) is 3.05. The summed E-state index contributed by atoms with van der Waals surface area (Å²) in [7, 11) is 0. The summed E-state index contributed by atoms with van der Waals surface area (Å²) in [5.41, 5.74) is -0.482. The van der Waals surface area contributed by atoms with Gasteiger partial charge in [0, 0.05) is 18.3 Å². The molecule has 0 saturated heterocycles. The summed E-state index contributed by atoms with van der Waals surface area (Å²) in [5, 5.41) is 10.2. The van der Waals surface area contributed by atoms with Crippen molar-refractivity contribution in [3.63, 3.8) is 0 Å². The Kier molecular flexibility index (Phi) is 5.91. The van der Waals surface area contributed by atoms with Gasteiger partial charge in [-0.25, -0.2) is 4.79 Å². The standard InChI is InChI=1S/C25H36O6/c1-4-31-23(30)20(28)12-19(27)18-8-7-17-16-6-5-14-11-15(26)9-10-24(14,2)22(16)21(29)13-25(17,18)3/h14-18,22,26H,4-13H2,1-3H3. The Labute approximate surface area is 184 Å². The van der Waals surface area contributed by atoms with E-state index >= 15 is 0 Å². The molecule has 6 nitrogen and oxygen atoms in total. The van der Waals surface area contributed by atoms with Crippen molar-refractivity contribution in [3.8, 4) is 0 Å². The van der Waals surface area contributed by atoms with Crippen LogP contribution in [0.15, 0.2) is 0 Å². The van der Waals surface area contributed by atoms with Crippen LogP contribution in [0.4, 0.5) is 0 Å². The Morgan fingerprint density at radius 3 is 2.52 bits per heavy atom. The van der Waals surface area contributed by atoms with Gasteiger partial charge in [-0.3, -0.25) is 14.4 Å². The average molecular weight is 433 g/mol. The summed E-state index contributed by atoms with van der Waals surface area (Å²) in [4.78, 5) is 50.4. The molecule has 0 amide bonds. The van der Waals surface area contributed by atoms with E-state index in [1.165, 1.54) is 0 Å². The number of fused-ring (bicyclic) bond motifs is 5. The number of hydrogen-bond donors (Lipinski definition) is 1. The SMILES string of the molecule is CCOC(=O)C(=O)CC(=O)C1CCC2C3CCC4CC(O)CCC4(C)C3C(=O)CC12C. The number of ketones is 3. The van der Waals surface area contributed by atoms with Crippen LogP contribution in [0.1, 0.15) is 78.6 Å². The Bertz CT molecular complexity index is 789. The van der Waals surface area contributed by atoms with E-state index in [0.29, 0.717) is 24.7 Å². The smallest absolute Gasteiger partial charge is 0.375 e. The van der Waals surface area contributed by atoms with Gasteiger partial charge in [-0.1, -0.05) is 13.8 Å². The van der Waals surface area contributed by atoms with Crippen molar-refractivity contribution in [1.29, 1.82) is 0 Å². The van der Waals surface area contributed by atoms with Gasteiger partial charge in [0.2, 0.25) is 5.78 Å². The number of aliphatic hydroxyl groups is 1. The molecule has 4 aliphatic rings. The lowest BCUT2D eigenvalue weighted by Gasteiger charge is -2.59. The molecule has 31 heavy (non-hydrogen) atoms. The van der Waals surface area contributed by atoms with Crippen LogP contribution in [0.3, 0.4) is 0 Å². The van der Waals surface area contributed by atoms with Gasteiger partial charge in [0.15, 0.2) is 0 Å². The second-order valence-electron chi connectivity index (χ2n) is 11.0. The van der Waals surface area contributed by atoms with Crippen molar-refractivity contribution in [3.05, 3.63) is 0 Å². The van der Waals surface area contributed by atoms with E-state index in [-0.39, 0.29) is 47.4 Å². The molecular weight excluding hydrogens is 396 g/mol. The maximum absolute atomic E-state index is 13.6. The summed E-state index contributed by atoms with van der Waals surface area (Å²) in [5.74, 6) is -1.03. The van der Waals surface area contributed by atoms with E-state index in [4.69, 9.17) is 4.74 Å². The molecule has 4 rings (SSSR count). The van der Waals surface area contributed by atoms with E-state index < -0.39 is 23.6 Å². The van der Waals surface area contributed by atoms with Crippen molar-refractivity contribution >= 4 is 23.3 Å². The number of carbonyl (C=O) groups is 4. The number of Topliss-reactive ketones (excluding diaryl/α,β-unsaturated/α-hetero) is 3. The van der Waals surface area contributed by atoms with Crippen molar-refractivity contribution in [2.45, 2.75) is 84.7 Å². The van der Waals surface area contributed by atoms with Crippen molar-refractivity contribution < 1.29 is 29.0 Å². The molecule has 8 unspecified atom stereocenters. The van der Waals surface area contributed by atoms with Gasteiger partial charge in [0.05, 0.1) is 19.1 Å². The predicted octanol–water partition coefficient (Wildman–Crippen LogP) is 3.28. The Morgan fingerprint density at radius 1 is 1.06 bits per heavy atom. The number of carbonyl (C=O) groups excluding carboxylic acids is 4. The molecule has 8 atom stereocenters. The minimum atomic E-state index is -0.943. The Balaban J connectivity index is 1.54. The van der Waals surface area contributed by atoms with Crippen LogP contribution in [0.5, 0.6) is 0 Å². The van der Waals surface area contributed by atoms with E-state index in [9.17, 15) is 24.3 Å². The first-order chi connectivity index (χ1) is 14.6. The van der Waals surface area contributed by atoms with E-state index in [0.717, 1.165) is 38.5 Å². The molecule has 0 aromatic heterocycles. The monoisotopic (exact) mass is 432 g/mol. The van der Waals surface area contributed by atoms with Gasteiger partial charge in [-0.2, -0.15) is 0 Å². The first-order valence-corrected chi connectivity index (χ1v) is 12.0. The zero-order valence-corrected chi connectivity index (χ0v) is 19.0. The number of ether oxygens (including phenoxy) is 1. The summed E-state index contributed by atoms with van der Waals surface area (Å²) >= 11 is 0. The first kappa shape index (κ1) is 22.6. The largest absolute Gasteiger partial charge is 0.460 e. The molecule has 0 spiro atoms. The second kappa shape index (κ2) is 8.09. The summed E-state index contributed by atoms with van der Waals surface area (Å²) < 4.78 is 4.74. The normalized spacial score (nSPS) is 44.1. The molecule has 0 aliphatic heterocycles. The number of esters is 1.